The second-order valence-corrected chi connectivity index (χ2v) is 7.15. The zero-order valence-corrected chi connectivity index (χ0v) is 13.3. The maximum absolute atomic E-state index is 12.0. The number of carbonyl (C=O) groups is 1. The number of hydrogen-bond donors (Lipinski definition) is 2. The van der Waals surface area contributed by atoms with Crippen molar-refractivity contribution in [3.05, 3.63) is 23.7 Å². The first-order valence-corrected chi connectivity index (χ1v) is 7.77. The van der Waals surface area contributed by atoms with E-state index in [1.165, 1.54) is 0 Å². The Balaban J connectivity index is 1.42. The standard InChI is InChI=1S/C16H24N2O4/c1-16(2,3)22-15(20)18-7-12-13(8-18)14(12)17-6-10-4-5-11(9-19)21-10/h4-5,12-14,17,19H,6-9H2,1-3H3. The molecule has 1 saturated heterocycles. The molecule has 2 fully saturated rings. The summed E-state index contributed by atoms with van der Waals surface area (Å²) in [5.74, 6) is 2.45. The second kappa shape index (κ2) is 5.59. The molecular weight excluding hydrogens is 284 g/mol. The van der Waals surface area contributed by atoms with Crippen LogP contribution in [-0.4, -0.2) is 40.8 Å². The van der Waals surface area contributed by atoms with Crippen molar-refractivity contribution in [1.82, 2.24) is 10.2 Å². The minimum atomic E-state index is -0.439. The summed E-state index contributed by atoms with van der Waals surface area (Å²) in [4.78, 5) is 13.8. The van der Waals surface area contributed by atoms with Gasteiger partial charge in [0.1, 0.15) is 23.7 Å². The van der Waals surface area contributed by atoms with Crippen LogP contribution in [0.3, 0.4) is 0 Å². The lowest BCUT2D eigenvalue weighted by molar-refractivity contribution is 0.0269. The molecule has 2 aliphatic rings. The molecule has 1 aromatic heterocycles. The maximum atomic E-state index is 12.0. The van der Waals surface area contributed by atoms with E-state index in [0.29, 0.717) is 30.2 Å². The van der Waals surface area contributed by atoms with Gasteiger partial charge in [-0.3, -0.25) is 0 Å². The molecule has 122 valence electrons. The van der Waals surface area contributed by atoms with E-state index in [4.69, 9.17) is 14.3 Å². The molecule has 1 amide bonds. The number of amides is 1. The Hall–Kier alpha value is -1.53. The highest BCUT2D eigenvalue weighted by atomic mass is 16.6. The molecule has 0 spiro atoms. The molecule has 2 N–H and O–H groups in total. The highest BCUT2D eigenvalue weighted by Crippen LogP contribution is 2.45. The van der Waals surface area contributed by atoms with Crippen LogP contribution in [0, 0.1) is 11.8 Å². The Morgan fingerprint density at radius 3 is 2.55 bits per heavy atom. The lowest BCUT2D eigenvalue weighted by Crippen LogP contribution is -2.39. The number of nitrogens with zero attached hydrogens (tertiary/aromatic N) is 1. The van der Waals surface area contributed by atoms with Crippen molar-refractivity contribution in [2.75, 3.05) is 13.1 Å². The van der Waals surface area contributed by atoms with E-state index in [9.17, 15) is 4.79 Å². The van der Waals surface area contributed by atoms with Crippen molar-refractivity contribution >= 4 is 6.09 Å². The zero-order valence-electron chi connectivity index (χ0n) is 13.3. The SMILES string of the molecule is CC(C)(C)OC(=O)N1CC2C(C1)C2NCc1ccc(CO)o1. The summed E-state index contributed by atoms with van der Waals surface area (Å²) >= 11 is 0. The number of carbonyl (C=O) groups excluding carboxylic acids is 1. The first-order chi connectivity index (χ1) is 10.4. The summed E-state index contributed by atoms with van der Waals surface area (Å²) in [6.07, 6.45) is -0.211. The molecule has 6 heteroatoms. The van der Waals surface area contributed by atoms with E-state index < -0.39 is 5.60 Å². The number of fused-ring (bicyclic) bond motifs is 1. The number of likely N-dealkylation sites (tertiary alicyclic amines) is 1. The quantitative estimate of drug-likeness (QED) is 0.886. The van der Waals surface area contributed by atoms with Gasteiger partial charge < -0.3 is 24.5 Å². The van der Waals surface area contributed by atoms with Crippen molar-refractivity contribution in [2.45, 2.75) is 45.6 Å². The third-order valence-electron chi connectivity index (χ3n) is 4.23. The van der Waals surface area contributed by atoms with Gasteiger partial charge in [0.2, 0.25) is 0 Å². The number of hydrogen-bond acceptors (Lipinski definition) is 5. The maximum Gasteiger partial charge on any atom is 0.410 e. The van der Waals surface area contributed by atoms with Crippen LogP contribution in [0.5, 0.6) is 0 Å². The first-order valence-electron chi connectivity index (χ1n) is 7.77. The molecule has 0 radical (unpaired) electrons. The molecule has 2 unspecified atom stereocenters. The van der Waals surface area contributed by atoms with E-state index in [1.807, 2.05) is 26.8 Å². The Labute approximate surface area is 130 Å². The van der Waals surface area contributed by atoms with Gasteiger partial charge in [0.05, 0.1) is 6.54 Å². The van der Waals surface area contributed by atoms with Gasteiger partial charge in [-0.05, 0) is 44.7 Å². The van der Waals surface area contributed by atoms with Gasteiger partial charge in [-0.2, -0.15) is 0 Å². The average molecular weight is 308 g/mol. The molecule has 0 aromatic carbocycles. The van der Waals surface area contributed by atoms with E-state index in [1.54, 1.807) is 11.0 Å². The van der Waals surface area contributed by atoms with Crippen LogP contribution in [0.2, 0.25) is 0 Å². The van der Waals surface area contributed by atoms with Crippen LogP contribution in [-0.2, 0) is 17.9 Å². The summed E-state index contributed by atoms with van der Waals surface area (Å²) in [6.45, 7) is 7.76. The fourth-order valence-electron chi connectivity index (χ4n) is 3.13. The molecule has 3 rings (SSSR count). The molecule has 1 aliphatic carbocycles. The van der Waals surface area contributed by atoms with Crippen molar-refractivity contribution in [3.63, 3.8) is 0 Å². The first kappa shape index (κ1) is 15.4. The van der Waals surface area contributed by atoms with Gasteiger partial charge in [-0.1, -0.05) is 0 Å². The number of aliphatic hydroxyl groups excluding tert-OH is 1. The normalized spacial score (nSPS) is 26.9. The molecule has 1 aromatic rings. The molecule has 2 heterocycles. The second-order valence-electron chi connectivity index (χ2n) is 7.15. The molecule has 22 heavy (non-hydrogen) atoms. The Morgan fingerprint density at radius 2 is 2.00 bits per heavy atom. The number of nitrogens with one attached hydrogen (secondary N) is 1. The Bertz CT molecular complexity index is 537. The third kappa shape index (κ3) is 3.28. The predicted molar refractivity (Wildman–Crippen MR) is 80.0 cm³/mol. The number of aliphatic hydroxyl groups is 1. The lowest BCUT2D eigenvalue weighted by atomic mass is 10.2. The van der Waals surface area contributed by atoms with Gasteiger partial charge in [0, 0.05) is 19.1 Å². The average Bonchev–Trinajstić information content (AvgIpc) is 2.86. The van der Waals surface area contributed by atoms with Crippen LogP contribution in [0.1, 0.15) is 32.3 Å². The molecular formula is C16H24N2O4. The highest BCUT2D eigenvalue weighted by molar-refractivity contribution is 5.69. The van der Waals surface area contributed by atoms with Gasteiger partial charge in [0.15, 0.2) is 0 Å². The largest absolute Gasteiger partial charge is 0.462 e. The molecule has 6 nitrogen and oxygen atoms in total. The highest BCUT2D eigenvalue weighted by Gasteiger charge is 2.56. The molecule has 2 atom stereocenters. The summed E-state index contributed by atoms with van der Waals surface area (Å²) < 4.78 is 10.8. The zero-order chi connectivity index (χ0) is 15.9. The molecule has 1 aliphatic heterocycles. The predicted octanol–water partition coefficient (Wildman–Crippen LogP) is 1.73. The van der Waals surface area contributed by atoms with E-state index in [0.717, 1.165) is 18.8 Å². The monoisotopic (exact) mass is 308 g/mol. The number of piperidine rings is 1. The minimum absolute atomic E-state index is 0.0699. The smallest absolute Gasteiger partial charge is 0.410 e. The molecule has 0 bridgehead atoms. The number of ether oxygens (including phenoxy) is 1. The summed E-state index contributed by atoms with van der Waals surface area (Å²) in [6, 6.07) is 4.11. The van der Waals surface area contributed by atoms with E-state index >= 15 is 0 Å². The number of rotatable bonds is 4. The van der Waals surface area contributed by atoms with Crippen molar-refractivity contribution in [3.8, 4) is 0 Å². The van der Waals surface area contributed by atoms with Gasteiger partial charge >= 0.3 is 6.09 Å². The van der Waals surface area contributed by atoms with Crippen molar-refractivity contribution in [1.29, 1.82) is 0 Å². The van der Waals surface area contributed by atoms with Gasteiger partial charge in [0.25, 0.3) is 0 Å². The minimum Gasteiger partial charge on any atom is -0.462 e. The van der Waals surface area contributed by atoms with Crippen LogP contribution in [0.4, 0.5) is 4.79 Å². The van der Waals surface area contributed by atoms with Crippen molar-refractivity contribution < 1.29 is 19.1 Å². The fraction of sp³-hybridized carbons (Fsp3) is 0.688. The van der Waals surface area contributed by atoms with Crippen molar-refractivity contribution in [2.24, 2.45) is 11.8 Å². The Morgan fingerprint density at radius 1 is 1.36 bits per heavy atom. The fourth-order valence-corrected chi connectivity index (χ4v) is 3.13. The summed E-state index contributed by atoms with van der Waals surface area (Å²) in [7, 11) is 0. The Kier molecular flexibility index (Phi) is 3.91. The van der Waals surface area contributed by atoms with Crippen LogP contribution < -0.4 is 5.32 Å². The summed E-state index contributed by atoms with van der Waals surface area (Å²) in [5, 5.41) is 12.4. The van der Waals surface area contributed by atoms with Gasteiger partial charge in [-0.25, -0.2) is 4.79 Å². The van der Waals surface area contributed by atoms with E-state index in [-0.39, 0.29) is 12.7 Å². The number of furan rings is 1. The molecule has 1 saturated carbocycles. The van der Waals surface area contributed by atoms with Gasteiger partial charge in [-0.15, -0.1) is 0 Å². The third-order valence-corrected chi connectivity index (χ3v) is 4.23. The topological polar surface area (TPSA) is 74.9 Å². The lowest BCUT2D eigenvalue weighted by Gasteiger charge is -2.26. The van der Waals surface area contributed by atoms with Crippen LogP contribution in [0.25, 0.3) is 0 Å². The summed E-state index contributed by atoms with van der Waals surface area (Å²) in [5.41, 5.74) is -0.439. The van der Waals surface area contributed by atoms with E-state index in [2.05, 4.69) is 5.32 Å². The van der Waals surface area contributed by atoms with Crippen LogP contribution in [0.15, 0.2) is 16.5 Å². The van der Waals surface area contributed by atoms with Crippen LogP contribution >= 0.6 is 0 Å².